The molecule has 1 aromatic rings. The van der Waals surface area contributed by atoms with Crippen molar-refractivity contribution in [3.8, 4) is 0 Å². The predicted molar refractivity (Wildman–Crippen MR) is 52.3 cm³/mol. The Balaban J connectivity index is 1.94. The third-order valence-electron chi connectivity index (χ3n) is 2.42. The summed E-state index contributed by atoms with van der Waals surface area (Å²) < 4.78 is 6.96. The first-order chi connectivity index (χ1) is 7.27. The summed E-state index contributed by atoms with van der Waals surface area (Å²) in [7, 11) is 1.77. The normalized spacial score (nSPS) is 21.5. The molecule has 0 amide bonds. The summed E-state index contributed by atoms with van der Waals surface area (Å²) in [6, 6.07) is 0. The number of hydrogen-bond donors (Lipinski definition) is 1. The second-order valence-corrected chi connectivity index (χ2v) is 3.51. The summed E-state index contributed by atoms with van der Waals surface area (Å²) in [6.07, 6.45) is 1.39. The molecule has 0 aromatic carbocycles. The van der Waals surface area contributed by atoms with Crippen molar-refractivity contribution in [1.29, 1.82) is 0 Å². The summed E-state index contributed by atoms with van der Waals surface area (Å²) in [5.41, 5.74) is 0. The zero-order valence-corrected chi connectivity index (χ0v) is 8.64. The summed E-state index contributed by atoms with van der Waals surface area (Å²) in [5, 5.41) is 7.03. The molecule has 1 atom stereocenters. The molecule has 1 aliphatic heterocycles. The number of aromatic nitrogens is 3. The molecule has 15 heavy (non-hydrogen) atoms. The first-order valence-electron chi connectivity index (χ1n) is 4.95. The topological polar surface area (TPSA) is 69.0 Å². The standard InChI is InChI=1S/C9H14N4O2/c1-13-9(11-6-12-13)4-7(14)8-5-10-2-3-15-8/h6,8,10H,2-5H2,1H3. The predicted octanol–water partition coefficient (Wildman–Crippen LogP) is -1.08. The number of Topliss-reactive ketones (excluding diaryl/α,β-unsaturated/α-hetero) is 1. The van der Waals surface area contributed by atoms with Crippen LogP contribution in [0.2, 0.25) is 0 Å². The SMILES string of the molecule is Cn1ncnc1CC(=O)C1CNCCO1. The van der Waals surface area contributed by atoms with E-state index < -0.39 is 0 Å². The Hall–Kier alpha value is -1.27. The highest BCUT2D eigenvalue weighted by molar-refractivity contribution is 5.84. The largest absolute Gasteiger partial charge is 0.368 e. The van der Waals surface area contributed by atoms with Crippen LogP contribution in [0.4, 0.5) is 0 Å². The van der Waals surface area contributed by atoms with E-state index in [0.717, 1.165) is 6.54 Å². The molecule has 0 saturated carbocycles. The van der Waals surface area contributed by atoms with Gasteiger partial charge in [0.05, 0.1) is 13.0 Å². The van der Waals surface area contributed by atoms with Crippen LogP contribution in [0.1, 0.15) is 5.82 Å². The van der Waals surface area contributed by atoms with E-state index in [9.17, 15) is 4.79 Å². The van der Waals surface area contributed by atoms with Gasteiger partial charge in [0.2, 0.25) is 0 Å². The van der Waals surface area contributed by atoms with E-state index in [4.69, 9.17) is 4.74 Å². The number of aryl methyl sites for hydroxylation is 1. The summed E-state index contributed by atoms with van der Waals surface area (Å²) in [5.74, 6) is 0.729. The third kappa shape index (κ3) is 2.40. The number of carbonyl (C=O) groups excluding carboxylic acids is 1. The molecular weight excluding hydrogens is 196 g/mol. The van der Waals surface area contributed by atoms with E-state index in [2.05, 4.69) is 15.4 Å². The van der Waals surface area contributed by atoms with Crippen LogP contribution >= 0.6 is 0 Å². The highest BCUT2D eigenvalue weighted by Crippen LogP contribution is 2.02. The Morgan fingerprint density at radius 1 is 1.80 bits per heavy atom. The van der Waals surface area contributed by atoms with Crippen LogP contribution in [0.5, 0.6) is 0 Å². The van der Waals surface area contributed by atoms with E-state index in [1.54, 1.807) is 11.7 Å². The highest BCUT2D eigenvalue weighted by atomic mass is 16.5. The van der Waals surface area contributed by atoms with Crippen molar-refractivity contribution < 1.29 is 9.53 Å². The number of carbonyl (C=O) groups is 1. The molecule has 1 N–H and O–H groups in total. The Kier molecular flexibility index (Phi) is 3.08. The summed E-state index contributed by atoms with van der Waals surface area (Å²) in [4.78, 5) is 15.8. The molecular formula is C9H14N4O2. The lowest BCUT2D eigenvalue weighted by molar-refractivity contribution is -0.131. The lowest BCUT2D eigenvalue weighted by Gasteiger charge is -2.22. The molecule has 2 rings (SSSR count). The van der Waals surface area contributed by atoms with E-state index >= 15 is 0 Å². The number of hydrogen-bond acceptors (Lipinski definition) is 5. The number of ketones is 1. The zero-order chi connectivity index (χ0) is 10.7. The fourth-order valence-corrected chi connectivity index (χ4v) is 1.52. The molecule has 6 heteroatoms. The molecule has 1 aromatic heterocycles. The van der Waals surface area contributed by atoms with Crippen molar-refractivity contribution in [2.75, 3.05) is 19.7 Å². The Labute approximate surface area is 87.6 Å². The number of morpholine rings is 1. The van der Waals surface area contributed by atoms with Crippen LogP contribution in [0.15, 0.2) is 6.33 Å². The van der Waals surface area contributed by atoms with Crippen molar-refractivity contribution in [1.82, 2.24) is 20.1 Å². The first-order valence-corrected chi connectivity index (χ1v) is 4.95. The van der Waals surface area contributed by atoms with Crippen LogP contribution in [0.3, 0.4) is 0 Å². The second-order valence-electron chi connectivity index (χ2n) is 3.51. The van der Waals surface area contributed by atoms with Gasteiger partial charge in [-0.15, -0.1) is 0 Å². The number of rotatable bonds is 3. The first kappa shape index (κ1) is 10.3. The van der Waals surface area contributed by atoms with Gasteiger partial charge in [0.1, 0.15) is 18.3 Å². The van der Waals surface area contributed by atoms with Gasteiger partial charge in [0.15, 0.2) is 5.78 Å². The molecule has 0 bridgehead atoms. The lowest BCUT2D eigenvalue weighted by atomic mass is 10.1. The van der Waals surface area contributed by atoms with Gasteiger partial charge in [0.25, 0.3) is 0 Å². The second kappa shape index (κ2) is 4.50. The molecule has 0 spiro atoms. The molecule has 0 radical (unpaired) electrons. The molecule has 1 aliphatic rings. The smallest absolute Gasteiger partial charge is 0.170 e. The molecule has 2 heterocycles. The molecule has 1 saturated heterocycles. The average molecular weight is 210 g/mol. The van der Waals surface area contributed by atoms with Crippen LogP contribution < -0.4 is 5.32 Å². The Morgan fingerprint density at radius 2 is 2.67 bits per heavy atom. The van der Waals surface area contributed by atoms with Crippen LogP contribution in [-0.4, -0.2) is 46.3 Å². The van der Waals surface area contributed by atoms with Gasteiger partial charge in [-0.05, 0) is 0 Å². The minimum atomic E-state index is -0.338. The average Bonchev–Trinajstić information content (AvgIpc) is 2.66. The van der Waals surface area contributed by atoms with E-state index in [-0.39, 0.29) is 18.3 Å². The molecule has 1 fully saturated rings. The zero-order valence-electron chi connectivity index (χ0n) is 8.64. The highest BCUT2D eigenvalue weighted by Gasteiger charge is 2.22. The van der Waals surface area contributed by atoms with Gasteiger partial charge in [-0.1, -0.05) is 0 Å². The molecule has 0 aliphatic carbocycles. The van der Waals surface area contributed by atoms with Crippen molar-refractivity contribution >= 4 is 5.78 Å². The van der Waals surface area contributed by atoms with Crippen LogP contribution in [0, 0.1) is 0 Å². The summed E-state index contributed by atoms with van der Waals surface area (Å²) in [6.45, 7) is 2.00. The maximum Gasteiger partial charge on any atom is 0.170 e. The fraction of sp³-hybridized carbons (Fsp3) is 0.667. The lowest BCUT2D eigenvalue weighted by Crippen LogP contribution is -2.43. The molecule has 6 nitrogen and oxygen atoms in total. The summed E-state index contributed by atoms with van der Waals surface area (Å²) >= 11 is 0. The molecule has 82 valence electrons. The van der Waals surface area contributed by atoms with Gasteiger partial charge in [-0.3, -0.25) is 9.48 Å². The number of ether oxygens (including phenoxy) is 1. The fourth-order valence-electron chi connectivity index (χ4n) is 1.52. The van der Waals surface area contributed by atoms with Gasteiger partial charge in [-0.2, -0.15) is 5.10 Å². The van der Waals surface area contributed by atoms with E-state index in [1.807, 2.05) is 0 Å². The maximum atomic E-state index is 11.8. The quantitative estimate of drug-likeness (QED) is 0.687. The minimum Gasteiger partial charge on any atom is -0.368 e. The van der Waals surface area contributed by atoms with E-state index in [1.165, 1.54) is 6.33 Å². The maximum absolute atomic E-state index is 11.8. The molecule has 1 unspecified atom stereocenters. The van der Waals surface area contributed by atoms with Crippen molar-refractivity contribution in [3.63, 3.8) is 0 Å². The van der Waals surface area contributed by atoms with Gasteiger partial charge >= 0.3 is 0 Å². The number of nitrogens with zero attached hydrogens (tertiary/aromatic N) is 3. The van der Waals surface area contributed by atoms with Crippen molar-refractivity contribution in [2.45, 2.75) is 12.5 Å². The minimum absolute atomic E-state index is 0.0540. The van der Waals surface area contributed by atoms with Gasteiger partial charge < -0.3 is 10.1 Å². The van der Waals surface area contributed by atoms with Crippen molar-refractivity contribution in [3.05, 3.63) is 12.2 Å². The van der Waals surface area contributed by atoms with Gasteiger partial charge in [0, 0.05) is 20.1 Å². The van der Waals surface area contributed by atoms with Crippen LogP contribution in [0.25, 0.3) is 0 Å². The van der Waals surface area contributed by atoms with Gasteiger partial charge in [-0.25, -0.2) is 4.98 Å². The Bertz CT molecular complexity index is 344. The Morgan fingerprint density at radius 3 is 3.27 bits per heavy atom. The van der Waals surface area contributed by atoms with Crippen LogP contribution in [-0.2, 0) is 23.0 Å². The van der Waals surface area contributed by atoms with Crippen molar-refractivity contribution in [2.24, 2.45) is 7.05 Å². The monoisotopic (exact) mass is 210 g/mol. The number of nitrogens with one attached hydrogen (secondary N) is 1. The van der Waals surface area contributed by atoms with E-state index in [0.29, 0.717) is 19.0 Å². The third-order valence-corrected chi connectivity index (χ3v) is 2.42.